The van der Waals surface area contributed by atoms with Crippen LogP contribution in [0.3, 0.4) is 0 Å². The highest BCUT2D eigenvalue weighted by Crippen LogP contribution is 2.23. The van der Waals surface area contributed by atoms with E-state index >= 15 is 0 Å². The summed E-state index contributed by atoms with van der Waals surface area (Å²) in [5.41, 5.74) is 7.03. The largest absolute Gasteiger partial charge is 0.382 e. The maximum atomic E-state index is 5.75. The molecule has 0 aliphatic carbocycles. The first-order valence-corrected chi connectivity index (χ1v) is 4.69. The summed E-state index contributed by atoms with van der Waals surface area (Å²) >= 11 is 0. The quantitative estimate of drug-likeness (QED) is 0.745. The van der Waals surface area contributed by atoms with Gasteiger partial charge in [-0.3, -0.25) is 0 Å². The van der Waals surface area contributed by atoms with Gasteiger partial charge in [0, 0.05) is 10.8 Å². The summed E-state index contributed by atoms with van der Waals surface area (Å²) in [5, 5.41) is 9.68. The monoisotopic (exact) mass is 187 g/mol. The molecule has 3 nitrogen and oxygen atoms in total. The molecule has 0 aliphatic heterocycles. The van der Waals surface area contributed by atoms with E-state index in [1.807, 2.05) is 6.07 Å². The van der Waals surface area contributed by atoms with Gasteiger partial charge in [0.25, 0.3) is 0 Å². The summed E-state index contributed by atoms with van der Waals surface area (Å²) in [5.74, 6) is 1.01. The number of nitrogens with two attached hydrogens (primary N) is 1. The fourth-order valence-electron chi connectivity index (χ4n) is 1.47. The van der Waals surface area contributed by atoms with Crippen molar-refractivity contribution in [3.63, 3.8) is 0 Å². The van der Waals surface area contributed by atoms with Gasteiger partial charge >= 0.3 is 0 Å². The minimum atomic E-state index is 0.505. The van der Waals surface area contributed by atoms with Crippen molar-refractivity contribution in [3.05, 3.63) is 30.0 Å². The average molecular weight is 187 g/mol. The number of nitrogen functional groups attached to an aromatic ring is 1. The zero-order valence-corrected chi connectivity index (χ0v) is 8.36. The Morgan fingerprint density at radius 1 is 1.29 bits per heavy atom. The molecule has 1 aromatic carbocycles. The fraction of sp³-hybridized carbons (Fsp3) is 0.273. The lowest BCUT2D eigenvalue weighted by atomic mass is 10.0. The third kappa shape index (κ3) is 1.41. The molecule has 0 fully saturated rings. The van der Waals surface area contributed by atoms with Crippen LogP contribution in [0.2, 0.25) is 0 Å². The van der Waals surface area contributed by atoms with Crippen LogP contribution in [0.4, 0.5) is 5.82 Å². The number of nitrogens with zero attached hydrogens (tertiary/aromatic N) is 2. The molecule has 2 aromatic rings. The lowest BCUT2D eigenvalue weighted by Crippen LogP contribution is -1.95. The van der Waals surface area contributed by atoms with Gasteiger partial charge in [0.15, 0.2) is 5.82 Å². The van der Waals surface area contributed by atoms with Gasteiger partial charge in [-0.2, -0.15) is 5.10 Å². The van der Waals surface area contributed by atoms with Gasteiger partial charge < -0.3 is 5.73 Å². The van der Waals surface area contributed by atoms with Gasteiger partial charge in [0.2, 0.25) is 0 Å². The first kappa shape index (κ1) is 8.94. The van der Waals surface area contributed by atoms with Crippen molar-refractivity contribution in [3.8, 4) is 0 Å². The molecule has 0 atom stereocenters. The molecule has 0 saturated carbocycles. The molecular weight excluding hydrogens is 174 g/mol. The third-order valence-corrected chi connectivity index (χ3v) is 2.38. The van der Waals surface area contributed by atoms with Gasteiger partial charge in [-0.05, 0) is 17.5 Å². The van der Waals surface area contributed by atoms with Crippen molar-refractivity contribution in [1.82, 2.24) is 10.2 Å². The molecule has 2 N–H and O–H groups in total. The lowest BCUT2D eigenvalue weighted by Gasteiger charge is -2.07. The summed E-state index contributed by atoms with van der Waals surface area (Å²) in [6.07, 6.45) is 1.73. The predicted molar refractivity (Wildman–Crippen MR) is 58.0 cm³/mol. The molecule has 0 aliphatic rings. The van der Waals surface area contributed by atoms with Crippen LogP contribution in [0, 0.1) is 0 Å². The van der Waals surface area contributed by atoms with Crippen molar-refractivity contribution >= 4 is 16.6 Å². The Morgan fingerprint density at radius 2 is 2.07 bits per heavy atom. The van der Waals surface area contributed by atoms with Crippen LogP contribution < -0.4 is 5.73 Å². The van der Waals surface area contributed by atoms with Crippen LogP contribution in [0.5, 0.6) is 0 Å². The molecule has 3 heteroatoms. The zero-order valence-electron chi connectivity index (χ0n) is 8.36. The minimum absolute atomic E-state index is 0.505. The van der Waals surface area contributed by atoms with Crippen LogP contribution in [0.15, 0.2) is 24.4 Å². The molecule has 14 heavy (non-hydrogen) atoms. The second-order valence-corrected chi connectivity index (χ2v) is 3.73. The van der Waals surface area contributed by atoms with Crippen LogP contribution in [0.25, 0.3) is 10.8 Å². The maximum absolute atomic E-state index is 5.75. The number of benzene rings is 1. The average Bonchev–Trinajstić information content (AvgIpc) is 2.18. The van der Waals surface area contributed by atoms with E-state index in [1.54, 1.807) is 6.20 Å². The van der Waals surface area contributed by atoms with E-state index in [-0.39, 0.29) is 0 Å². The van der Waals surface area contributed by atoms with Crippen molar-refractivity contribution in [1.29, 1.82) is 0 Å². The van der Waals surface area contributed by atoms with Crippen molar-refractivity contribution in [2.75, 3.05) is 5.73 Å². The van der Waals surface area contributed by atoms with Gasteiger partial charge in [0.05, 0.1) is 6.20 Å². The standard InChI is InChI=1S/C11H13N3/c1-7(2)8-3-4-9-6-13-14-11(12)10(9)5-8/h3-7H,1-2H3,(H2,12,14). The lowest BCUT2D eigenvalue weighted by molar-refractivity contribution is 0.868. The predicted octanol–water partition coefficient (Wildman–Crippen LogP) is 2.34. The van der Waals surface area contributed by atoms with Gasteiger partial charge in [-0.25, -0.2) is 0 Å². The Bertz CT molecular complexity index is 463. The normalized spacial score (nSPS) is 11.1. The number of rotatable bonds is 1. The second-order valence-electron chi connectivity index (χ2n) is 3.73. The van der Waals surface area contributed by atoms with Crippen LogP contribution in [-0.2, 0) is 0 Å². The molecule has 0 saturated heterocycles. The van der Waals surface area contributed by atoms with Crippen molar-refractivity contribution in [2.45, 2.75) is 19.8 Å². The van der Waals surface area contributed by atoms with E-state index in [4.69, 9.17) is 5.73 Å². The smallest absolute Gasteiger partial charge is 0.153 e. The summed E-state index contributed by atoms with van der Waals surface area (Å²) in [6, 6.07) is 6.23. The molecule has 72 valence electrons. The van der Waals surface area contributed by atoms with E-state index in [9.17, 15) is 0 Å². The molecular formula is C11H13N3. The SMILES string of the molecule is CC(C)c1ccc2cnnc(N)c2c1. The Balaban J connectivity index is 2.70. The maximum Gasteiger partial charge on any atom is 0.153 e. The van der Waals surface area contributed by atoms with Crippen LogP contribution in [0.1, 0.15) is 25.3 Å². The number of aromatic nitrogens is 2. The summed E-state index contributed by atoms with van der Waals surface area (Å²) in [6.45, 7) is 4.32. The molecule has 1 heterocycles. The molecule has 0 spiro atoms. The molecule has 0 radical (unpaired) electrons. The topological polar surface area (TPSA) is 51.8 Å². The first-order chi connectivity index (χ1) is 6.68. The van der Waals surface area contributed by atoms with Crippen LogP contribution in [-0.4, -0.2) is 10.2 Å². The number of fused-ring (bicyclic) bond motifs is 1. The van der Waals surface area contributed by atoms with E-state index in [2.05, 4.69) is 36.2 Å². The molecule has 0 bridgehead atoms. The van der Waals surface area contributed by atoms with E-state index in [1.165, 1.54) is 5.56 Å². The highest BCUT2D eigenvalue weighted by Gasteiger charge is 2.03. The summed E-state index contributed by atoms with van der Waals surface area (Å²) in [4.78, 5) is 0. The van der Waals surface area contributed by atoms with E-state index in [0.717, 1.165) is 10.8 Å². The highest BCUT2D eigenvalue weighted by molar-refractivity contribution is 5.90. The summed E-state index contributed by atoms with van der Waals surface area (Å²) < 4.78 is 0. The Kier molecular flexibility index (Phi) is 2.08. The molecule has 0 amide bonds. The molecule has 1 aromatic heterocycles. The third-order valence-electron chi connectivity index (χ3n) is 2.38. The molecule has 2 rings (SSSR count). The Labute approximate surface area is 83.0 Å². The second kappa shape index (κ2) is 3.25. The van der Waals surface area contributed by atoms with E-state index in [0.29, 0.717) is 11.7 Å². The van der Waals surface area contributed by atoms with Gasteiger partial charge in [-0.1, -0.05) is 26.0 Å². The van der Waals surface area contributed by atoms with Crippen molar-refractivity contribution < 1.29 is 0 Å². The Hall–Kier alpha value is -1.64. The highest BCUT2D eigenvalue weighted by atomic mass is 15.1. The van der Waals surface area contributed by atoms with Gasteiger partial charge in [0.1, 0.15) is 0 Å². The number of anilines is 1. The minimum Gasteiger partial charge on any atom is -0.382 e. The first-order valence-electron chi connectivity index (χ1n) is 4.69. The van der Waals surface area contributed by atoms with Crippen LogP contribution >= 0.6 is 0 Å². The zero-order chi connectivity index (χ0) is 10.1. The fourth-order valence-corrected chi connectivity index (χ4v) is 1.47. The Morgan fingerprint density at radius 3 is 2.79 bits per heavy atom. The van der Waals surface area contributed by atoms with Gasteiger partial charge in [-0.15, -0.1) is 5.10 Å². The number of hydrogen-bond acceptors (Lipinski definition) is 3. The summed E-state index contributed by atoms with van der Waals surface area (Å²) in [7, 11) is 0. The number of hydrogen-bond donors (Lipinski definition) is 1. The molecule has 0 unspecified atom stereocenters. The van der Waals surface area contributed by atoms with E-state index < -0.39 is 0 Å². The van der Waals surface area contributed by atoms with Crippen molar-refractivity contribution in [2.24, 2.45) is 0 Å².